The second-order valence-electron chi connectivity index (χ2n) is 20.4. The van der Waals surface area contributed by atoms with Crippen molar-refractivity contribution in [1.29, 1.82) is 0 Å². The lowest BCUT2D eigenvalue weighted by Gasteiger charge is -2.53. The Morgan fingerprint density at radius 1 is 0.632 bits per heavy atom. The van der Waals surface area contributed by atoms with Gasteiger partial charge in [0, 0.05) is 54.7 Å². The molecular weight excluding hydrogens is 709 g/mol. The van der Waals surface area contributed by atoms with Crippen LogP contribution >= 0.6 is 11.8 Å². The fraction of sp³-hybridized carbons (Fsp3) is 0.407. The highest BCUT2D eigenvalue weighted by molar-refractivity contribution is 8.04. The summed E-state index contributed by atoms with van der Waals surface area (Å²) >= 11 is 2.27. The van der Waals surface area contributed by atoms with Crippen LogP contribution in [0.4, 0.5) is 22.7 Å². The van der Waals surface area contributed by atoms with E-state index in [0.717, 1.165) is 0 Å². The molecule has 5 aromatic carbocycles. The van der Waals surface area contributed by atoms with E-state index in [1.54, 1.807) is 27.4 Å². The molecule has 0 saturated heterocycles. The van der Waals surface area contributed by atoms with Gasteiger partial charge in [-0.3, -0.25) is 0 Å². The van der Waals surface area contributed by atoms with Crippen molar-refractivity contribution in [3.8, 4) is 22.3 Å². The Hall–Kier alpha value is -4.21. The van der Waals surface area contributed by atoms with Crippen molar-refractivity contribution >= 4 is 34.5 Å². The van der Waals surface area contributed by atoms with Gasteiger partial charge in [-0.2, -0.15) is 0 Å². The third kappa shape index (κ3) is 4.73. The minimum absolute atomic E-state index is 0.00727. The molecule has 2 nitrogen and oxygen atoms in total. The topological polar surface area (TPSA) is 6.48 Å². The summed E-state index contributed by atoms with van der Waals surface area (Å²) in [4.78, 5) is 7.35. The smallest absolute Gasteiger partial charge is 0.0524 e. The molecule has 4 heterocycles. The quantitative estimate of drug-likeness (QED) is 0.181. The minimum atomic E-state index is 0.00727. The van der Waals surface area contributed by atoms with Gasteiger partial charge in [-0.15, -0.1) is 11.8 Å². The Kier molecular flexibility index (Phi) is 7.52. The maximum absolute atomic E-state index is 2.92. The molecule has 0 aromatic heterocycles. The molecule has 0 spiro atoms. The van der Waals surface area contributed by atoms with Crippen molar-refractivity contribution < 1.29 is 0 Å². The van der Waals surface area contributed by atoms with Crippen LogP contribution in [0, 0.1) is 12.3 Å². The van der Waals surface area contributed by atoms with Crippen LogP contribution in [-0.4, -0.2) is 10.3 Å². The van der Waals surface area contributed by atoms with E-state index >= 15 is 0 Å². The number of nitrogens with zero attached hydrogens (tertiary/aromatic N) is 2. The molecular formula is C54H58N2S. The lowest BCUT2D eigenvalue weighted by Crippen LogP contribution is -2.55. The highest BCUT2D eigenvalue weighted by Gasteiger charge is 2.64. The molecule has 3 heteroatoms. The van der Waals surface area contributed by atoms with Crippen LogP contribution < -0.4 is 9.80 Å². The van der Waals surface area contributed by atoms with Crippen LogP contribution in [-0.2, 0) is 10.8 Å². The second-order valence-corrected chi connectivity index (χ2v) is 22.0. The normalized spacial score (nSPS) is 29.4. The standard InChI is InChI=1S/C54H58N2S/c1-34-27-43-46-44(28-34)56-47-41(32-39(50(2,3)4)33-42(47)51(5)23-15-17-25-53(51,56)7)45(46)48-49(52(6)24-16-18-26-54(52,8)57-48)55(43)40-30-37(35-19-11-9-12-20-35)29-38(31-40)36-21-13-10-14-22-36/h9-14,19-22,27-33,45H,15-18,23-26H2,1-8H3. The molecule has 11 rings (SSSR count). The van der Waals surface area contributed by atoms with Crippen molar-refractivity contribution in [2.75, 3.05) is 9.80 Å². The van der Waals surface area contributed by atoms with Crippen molar-refractivity contribution in [2.24, 2.45) is 5.41 Å². The van der Waals surface area contributed by atoms with Crippen molar-refractivity contribution in [3.05, 3.63) is 142 Å². The van der Waals surface area contributed by atoms with E-state index in [1.807, 2.05) is 0 Å². The zero-order valence-electron chi connectivity index (χ0n) is 35.4. The van der Waals surface area contributed by atoms with Gasteiger partial charge in [-0.05, 0) is 127 Å². The molecule has 57 heavy (non-hydrogen) atoms. The number of hydrogen-bond donors (Lipinski definition) is 0. The number of rotatable bonds is 3. The van der Waals surface area contributed by atoms with Gasteiger partial charge in [0.2, 0.25) is 0 Å². The molecule has 5 atom stereocenters. The van der Waals surface area contributed by atoms with Gasteiger partial charge in [0.1, 0.15) is 0 Å². The number of hydrogen-bond acceptors (Lipinski definition) is 3. The largest absolute Gasteiger partial charge is 0.334 e. The Morgan fingerprint density at radius 2 is 1.23 bits per heavy atom. The average molecular weight is 767 g/mol. The van der Waals surface area contributed by atoms with E-state index in [4.69, 9.17) is 0 Å². The molecule has 290 valence electrons. The lowest BCUT2D eigenvalue weighted by molar-refractivity contribution is 0.194. The van der Waals surface area contributed by atoms with Gasteiger partial charge < -0.3 is 9.80 Å². The summed E-state index contributed by atoms with van der Waals surface area (Å²) in [7, 11) is 0. The maximum Gasteiger partial charge on any atom is 0.0524 e. The molecule has 0 N–H and O–H groups in total. The Bertz CT molecular complexity index is 2470. The fourth-order valence-corrected chi connectivity index (χ4v) is 14.5. The first kappa shape index (κ1) is 35.9. The van der Waals surface area contributed by atoms with Crippen LogP contribution in [0.15, 0.2) is 114 Å². The molecule has 5 unspecified atom stereocenters. The number of aryl methyl sites for hydroxylation is 1. The zero-order valence-corrected chi connectivity index (χ0v) is 36.2. The van der Waals surface area contributed by atoms with Crippen molar-refractivity contribution in [2.45, 2.75) is 134 Å². The van der Waals surface area contributed by atoms with Gasteiger partial charge in [-0.25, -0.2) is 0 Å². The van der Waals surface area contributed by atoms with Gasteiger partial charge in [-0.1, -0.05) is 133 Å². The predicted octanol–water partition coefficient (Wildman–Crippen LogP) is 15.3. The zero-order chi connectivity index (χ0) is 39.3. The summed E-state index contributed by atoms with van der Waals surface area (Å²) in [5.74, 6) is 0.219. The van der Waals surface area contributed by atoms with E-state index in [0.29, 0.717) is 0 Å². The van der Waals surface area contributed by atoms with Gasteiger partial charge in [0.05, 0.1) is 11.2 Å². The van der Waals surface area contributed by atoms with E-state index in [9.17, 15) is 0 Å². The van der Waals surface area contributed by atoms with Crippen LogP contribution in [0.3, 0.4) is 0 Å². The Labute approximate surface area is 345 Å². The number of benzene rings is 5. The highest BCUT2D eigenvalue weighted by atomic mass is 32.2. The molecule has 2 aliphatic carbocycles. The lowest BCUT2D eigenvalue weighted by atomic mass is 9.61. The minimum Gasteiger partial charge on any atom is -0.334 e. The number of fused-ring (bicyclic) bond motifs is 8. The summed E-state index contributed by atoms with van der Waals surface area (Å²) < 4.78 is 0.124. The SMILES string of the molecule is Cc1cc2c3c(c1)N1c4c(cc(C(C)(C)C)cc4C4(C)CCCCC14C)C3C1=C(N2c2cc(-c3ccccc3)cc(-c3ccccc3)c2)C2(C)CCCCC2(C)S1. The van der Waals surface area contributed by atoms with Gasteiger partial charge in [0.15, 0.2) is 0 Å². The van der Waals surface area contributed by atoms with Crippen molar-refractivity contribution in [3.63, 3.8) is 0 Å². The summed E-state index contributed by atoms with van der Waals surface area (Å²) in [6.07, 6.45) is 10.1. The summed E-state index contributed by atoms with van der Waals surface area (Å²) in [5.41, 5.74) is 20.1. The Balaban J connectivity index is 1.26. The van der Waals surface area contributed by atoms with Crippen molar-refractivity contribution in [1.82, 2.24) is 0 Å². The predicted molar refractivity (Wildman–Crippen MR) is 244 cm³/mol. The second kappa shape index (κ2) is 11.9. The number of thioether (sulfide) groups is 1. The molecule has 0 radical (unpaired) electrons. The summed E-state index contributed by atoms with van der Waals surface area (Å²) in [6.45, 7) is 20.2. The molecule has 0 bridgehead atoms. The number of anilines is 4. The monoisotopic (exact) mass is 766 g/mol. The summed E-state index contributed by atoms with van der Waals surface area (Å²) in [6, 6.07) is 40.1. The molecule has 2 saturated carbocycles. The van der Waals surface area contributed by atoms with E-state index in [1.165, 1.54) is 107 Å². The first-order chi connectivity index (χ1) is 27.3. The third-order valence-electron chi connectivity index (χ3n) is 16.2. The Morgan fingerprint density at radius 3 is 1.88 bits per heavy atom. The fourth-order valence-electron chi connectivity index (χ4n) is 12.6. The first-order valence-corrected chi connectivity index (χ1v) is 22.7. The third-order valence-corrected chi connectivity index (χ3v) is 17.9. The number of allylic oxidation sites excluding steroid dienone is 2. The van der Waals surface area contributed by atoms with Crippen LogP contribution in [0.5, 0.6) is 0 Å². The van der Waals surface area contributed by atoms with Gasteiger partial charge >= 0.3 is 0 Å². The van der Waals surface area contributed by atoms with Crippen LogP contribution in [0.25, 0.3) is 22.3 Å². The van der Waals surface area contributed by atoms with Crippen LogP contribution in [0.1, 0.15) is 134 Å². The molecule has 0 amide bonds. The molecule has 5 aromatic rings. The molecule has 4 aliphatic heterocycles. The van der Waals surface area contributed by atoms with Gasteiger partial charge in [0.25, 0.3) is 0 Å². The van der Waals surface area contributed by atoms with E-state index < -0.39 is 0 Å². The molecule has 2 fully saturated rings. The maximum atomic E-state index is 2.92. The molecule has 6 aliphatic rings. The van der Waals surface area contributed by atoms with E-state index in [2.05, 4.69) is 180 Å². The summed E-state index contributed by atoms with van der Waals surface area (Å²) in [5, 5.41) is 0. The van der Waals surface area contributed by atoms with Crippen LogP contribution in [0.2, 0.25) is 0 Å². The average Bonchev–Trinajstić information content (AvgIpc) is 3.57. The first-order valence-electron chi connectivity index (χ1n) is 21.9. The van der Waals surface area contributed by atoms with E-state index in [-0.39, 0.29) is 32.4 Å². The highest BCUT2D eigenvalue weighted by Crippen LogP contribution is 2.75.